The Balaban J connectivity index is 2.76. The molecular formula is C9H9N3O2. The number of carboxylic acids is 1. The van der Waals surface area contributed by atoms with E-state index in [1.165, 1.54) is 6.20 Å². The van der Waals surface area contributed by atoms with Crippen LogP contribution in [0.1, 0.15) is 21.9 Å². The first-order valence-corrected chi connectivity index (χ1v) is 4.14. The molecule has 0 amide bonds. The van der Waals surface area contributed by atoms with Gasteiger partial charge in [-0.1, -0.05) is 0 Å². The number of nitrogens with zero attached hydrogens (tertiary/aromatic N) is 3. The zero-order valence-corrected chi connectivity index (χ0v) is 7.85. The van der Waals surface area contributed by atoms with Crippen LogP contribution in [-0.4, -0.2) is 25.4 Å². The molecule has 0 saturated heterocycles. The van der Waals surface area contributed by atoms with E-state index in [0.29, 0.717) is 5.65 Å². The molecule has 0 bridgehead atoms. The van der Waals surface area contributed by atoms with Gasteiger partial charge >= 0.3 is 5.97 Å². The number of aromatic carboxylic acids is 1. The molecule has 0 aliphatic heterocycles. The van der Waals surface area contributed by atoms with Crippen LogP contribution >= 0.6 is 0 Å². The summed E-state index contributed by atoms with van der Waals surface area (Å²) in [6.45, 7) is 3.66. The molecule has 1 N–H and O–H groups in total. The summed E-state index contributed by atoms with van der Waals surface area (Å²) in [6, 6.07) is 0. The first kappa shape index (κ1) is 8.68. The van der Waals surface area contributed by atoms with E-state index in [0.717, 1.165) is 11.4 Å². The fourth-order valence-electron chi connectivity index (χ4n) is 1.41. The predicted octanol–water partition coefficient (Wildman–Crippen LogP) is 1.04. The number of fused-ring (bicyclic) bond motifs is 1. The van der Waals surface area contributed by atoms with Crippen LogP contribution in [0.3, 0.4) is 0 Å². The Bertz CT molecular complexity index is 516. The summed E-state index contributed by atoms with van der Waals surface area (Å²) >= 11 is 0. The minimum Gasteiger partial charge on any atom is -0.476 e. The summed E-state index contributed by atoms with van der Waals surface area (Å²) in [4.78, 5) is 18.8. The molecule has 2 aromatic heterocycles. The topological polar surface area (TPSA) is 67.5 Å². The predicted molar refractivity (Wildman–Crippen MR) is 49.4 cm³/mol. The Morgan fingerprint density at radius 2 is 2.07 bits per heavy atom. The van der Waals surface area contributed by atoms with Crippen molar-refractivity contribution in [3.8, 4) is 0 Å². The number of hydrogen-bond donors (Lipinski definition) is 1. The van der Waals surface area contributed by atoms with Crippen LogP contribution in [0.4, 0.5) is 0 Å². The lowest BCUT2D eigenvalue weighted by atomic mass is 10.4. The van der Waals surface area contributed by atoms with Gasteiger partial charge in [0.1, 0.15) is 0 Å². The summed E-state index contributed by atoms with van der Waals surface area (Å²) < 4.78 is 1.68. The Labute approximate surface area is 80.0 Å². The number of aryl methyl sites for hydroxylation is 2. The number of aromatic nitrogens is 3. The van der Waals surface area contributed by atoms with Crippen molar-refractivity contribution in [1.82, 2.24) is 14.4 Å². The Hall–Kier alpha value is -1.91. The molecule has 2 aromatic rings. The molecule has 0 unspecified atom stereocenters. The van der Waals surface area contributed by atoms with Gasteiger partial charge < -0.3 is 9.51 Å². The number of hydrogen-bond acceptors (Lipinski definition) is 3. The molecule has 5 heteroatoms. The molecular weight excluding hydrogens is 182 g/mol. The standard InChI is InChI=1S/C9H9N3O2/c1-5-3-12-4-7(9(13)14)11-8(12)6(2)10-5/h3-4H,1-2H3,(H,13,14). The fourth-order valence-corrected chi connectivity index (χ4v) is 1.41. The van der Waals surface area contributed by atoms with Crippen molar-refractivity contribution < 1.29 is 9.90 Å². The van der Waals surface area contributed by atoms with Crippen molar-refractivity contribution in [2.24, 2.45) is 0 Å². The van der Waals surface area contributed by atoms with Crippen molar-refractivity contribution in [3.63, 3.8) is 0 Å². The molecule has 5 nitrogen and oxygen atoms in total. The van der Waals surface area contributed by atoms with Gasteiger partial charge in [-0.2, -0.15) is 0 Å². The second-order valence-electron chi connectivity index (χ2n) is 3.13. The number of rotatable bonds is 1. The van der Waals surface area contributed by atoms with E-state index in [4.69, 9.17) is 5.11 Å². The molecule has 0 spiro atoms. The molecule has 0 aliphatic rings. The summed E-state index contributed by atoms with van der Waals surface area (Å²) in [7, 11) is 0. The third-order valence-corrected chi connectivity index (χ3v) is 1.94. The first-order valence-electron chi connectivity index (χ1n) is 4.14. The highest BCUT2D eigenvalue weighted by Gasteiger charge is 2.10. The van der Waals surface area contributed by atoms with Crippen molar-refractivity contribution >= 4 is 11.6 Å². The van der Waals surface area contributed by atoms with Crippen LogP contribution in [0, 0.1) is 13.8 Å². The van der Waals surface area contributed by atoms with Gasteiger partial charge in [-0.05, 0) is 13.8 Å². The zero-order chi connectivity index (χ0) is 10.3. The molecule has 0 saturated carbocycles. The molecule has 0 aliphatic carbocycles. The van der Waals surface area contributed by atoms with E-state index < -0.39 is 5.97 Å². The maximum Gasteiger partial charge on any atom is 0.356 e. The molecule has 0 radical (unpaired) electrons. The van der Waals surface area contributed by atoms with Crippen LogP contribution in [0.5, 0.6) is 0 Å². The van der Waals surface area contributed by atoms with Gasteiger partial charge in [0.25, 0.3) is 0 Å². The summed E-state index contributed by atoms with van der Waals surface area (Å²) in [5.74, 6) is -1.02. The van der Waals surface area contributed by atoms with Gasteiger partial charge in [0.15, 0.2) is 11.3 Å². The quantitative estimate of drug-likeness (QED) is 0.731. The Morgan fingerprint density at radius 1 is 1.36 bits per heavy atom. The third kappa shape index (κ3) is 1.22. The van der Waals surface area contributed by atoms with E-state index in [1.807, 2.05) is 6.92 Å². The van der Waals surface area contributed by atoms with Crippen LogP contribution in [0.25, 0.3) is 5.65 Å². The Kier molecular flexibility index (Phi) is 1.73. The number of carboxylic acid groups (broad SMARTS) is 1. The van der Waals surface area contributed by atoms with Crippen molar-refractivity contribution in [2.75, 3.05) is 0 Å². The minimum absolute atomic E-state index is 0.0421. The maximum absolute atomic E-state index is 10.7. The lowest BCUT2D eigenvalue weighted by molar-refractivity contribution is 0.0691. The average molecular weight is 191 g/mol. The molecule has 14 heavy (non-hydrogen) atoms. The largest absolute Gasteiger partial charge is 0.476 e. The van der Waals surface area contributed by atoms with Crippen LogP contribution in [0.15, 0.2) is 12.4 Å². The highest BCUT2D eigenvalue weighted by molar-refractivity contribution is 5.86. The second kappa shape index (κ2) is 2.80. The van der Waals surface area contributed by atoms with E-state index >= 15 is 0 Å². The molecule has 0 aromatic carbocycles. The van der Waals surface area contributed by atoms with E-state index in [2.05, 4.69) is 9.97 Å². The van der Waals surface area contributed by atoms with Crippen molar-refractivity contribution in [3.05, 3.63) is 29.5 Å². The minimum atomic E-state index is -1.02. The van der Waals surface area contributed by atoms with Gasteiger partial charge in [-0.3, -0.25) is 4.98 Å². The lowest BCUT2D eigenvalue weighted by Gasteiger charge is -1.97. The summed E-state index contributed by atoms with van der Waals surface area (Å²) in [5.41, 5.74) is 2.20. The van der Waals surface area contributed by atoms with Gasteiger partial charge in [-0.25, -0.2) is 9.78 Å². The van der Waals surface area contributed by atoms with Crippen LogP contribution in [-0.2, 0) is 0 Å². The second-order valence-corrected chi connectivity index (χ2v) is 3.13. The third-order valence-electron chi connectivity index (χ3n) is 1.94. The average Bonchev–Trinajstić information content (AvgIpc) is 2.47. The van der Waals surface area contributed by atoms with Crippen LogP contribution in [0.2, 0.25) is 0 Å². The molecule has 72 valence electrons. The van der Waals surface area contributed by atoms with E-state index in [-0.39, 0.29) is 5.69 Å². The number of carbonyl (C=O) groups is 1. The summed E-state index contributed by atoms with van der Waals surface area (Å²) in [6.07, 6.45) is 3.24. The maximum atomic E-state index is 10.7. The highest BCUT2D eigenvalue weighted by atomic mass is 16.4. The highest BCUT2D eigenvalue weighted by Crippen LogP contribution is 2.09. The van der Waals surface area contributed by atoms with Gasteiger partial charge in [-0.15, -0.1) is 0 Å². The van der Waals surface area contributed by atoms with Crippen LogP contribution < -0.4 is 0 Å². The fraction of sp³-hybridized carbons (Fsp3) is 0.222. The Morgan fingerprint density at radius 3 is 2.71 bits per heavy atom. The lowest BCUT2D eigenvalue weighted by Crippen LogP contribution is -1.95. The van der Waals surface area contributed by atoms with Gasteiger partial charge in [0.05, 0.1) is 11.4 Å². The molecule has 0 atom stereocenters. The normalized spacial score (nSPS) is 10.7. The van der Waals surface area contributed by atoms with E-state index in [1.54, 1.807) is 17.5 Å². The summed E-state index contributed by atoms with van der Waals surface area (Å²) in [5, 5.41) is 8.75. The van der Waals surface area contributed by atoms with Gasteiger partial charge in [0.2, 0.25) is 0 Å². The molecule has 2 rings (SSSR count). The smallest absolute Gasteiger partial charge is 0.356 e. The van der Waals surface area contributed by atoms with Crippen molar-refractivity contribution in [2.45, 2.75) is 13.8 Å². The van der Waals surface area contributed by atoms with Crippen molar-refractivity contribution in [1.29, 1.82) is 0 Å². The van der Waals surface area contributed by atoms with Gasteiger partial charge in [0, 0.05) is 12.4 Å². The first-order chi connectivity index (χ1) is 6.58. The molecule has 0 fully saturated rings. The van der Waals surface area contributed by atoms with E-state index in [9.17, 15) is 4.79 Å². The zero-order valence-electron chi connectivity index (χ0n) is 7.85. The number of imidazole rings is 1. The SMILES string of the molecule is Cc1cn2cc(C(=O)O)nc2c(C)n1. The monoisotopic (exact) mass is 191 g/mol. The molecule has 2 heterocycles.